The summed E-state index contributed by atoms with van der Waals surface area (Å²) in [4.78, 5) is 11.4. The van der Waals surface area contributed by atoms with Gasteiger partial charge in [-0.15, -0.1) is 4.86 Å². The Bertz CT molecular complexity index is 391. The van der Waals surface area contributed by atoms with Crippen LogP contribution in [0, 0.1) is 5.21 Å². The fourth-order valence-corrected chi connectivity index (χ4v) is 1.17. The molecule has 0 spiro atoms. The highest BCUT2D eigenvalue weighted by Crippen LogP contribution is 2.12. The molecule has 0 saturated carbocycles. The molecule has 0 aliphatic carbocycles. The molecule has 0 unspecified atom stereocenters. The Morgan fingerprint density at radius 3 is 2.73 bits per heavy atom. The van der Waals surface area contributed by atoms with Crippen molar-refractivity contribution in [3.8, 4) is 0 Å². The van der Waals surface area contributed by atoms with Crippen molar-refractivity contribution in [2.45, 2.75) is 0 Å². The first kappa shape index (κ1) is 9.45. The van der Waals surface area contributed by atoms with Gasteiger partial charge in [-0.3, -0.25) is 0 Å². The molecule has 2 rings (SSSR count). The Morgan fingerprint density at radius 2 is 2.13 bits per heavy atom. The lowest BCUT2D eigenvalue weighted by Crippen LogP contribution is -2.19. The third kappa shape index (κ3) is 2.04. The van der Waals surface area contributed by atoms with Gasteiger partial charge in [-0.1, -0.05) is 23.2 Å². The van der Waals surface area contributed by atoms with Crippen molar-refractivity contribution in [1.82, 2.24) is 5.01 Å². The highest BCUT2D eigenvalue weighted by Gasteiger charge is 2.30. The molecule has 1 aromatic rings. The number of amides is 1. The number of nitrogens with zero attached hydrogens (tertiary/aromatic N) is 3. The SMILES string of the molecule is O=C1OCCN1/N=[N+](/[O-])c1ccccc1. The van der Waals surface area contributed by atoms with Gasteiger partial charge in [0.05, 0.1) is 0 Å². The average molecular weight is 207 g/mol. The predicted octanol–water partition coefficient (Wildman–Crippen LogP) is 1.65. The summed E-state index contributed by atoms with van der Waals surface area (Å²) in [6.45, 7) is 0.579. The zero-order valence-electron chi connectivity index (χ0n) is 7.87. The first-order chi connectivity index (χ1) is 7.27. The van der Waals surface area contributed by atoms with Crippen LogP contribution in [0.25, 0.3) is 0 Å². The van der Waals surface area contributed by atoms with Gasteiger partial charge in [0.1, 0.15) is 11.8 Å². The second-order valence-corrected chi connectivity index (χ2v) is 2.94. The van der Waals surface area contributed by atoms with E-state index in [9.17, 15) is 10.0 Å². The van der Waals surface area contributed by atoms with Crippen LogP contribution in [0.1, 0.15) is 0 Å². The van der Waals surface area contributed by atoms with Crippen LogP contribution in [0.3, 0.4) is 0 Å². The van der Waals surface area contributed by atoms with Gasteiger partial charge in [-0.05, 0) is 12.1 Å². The normalized spacial score (nSPS) is 16.7. The average Bonchev–Trinajstić information content (AvgIpc) is 2.66. The van der Waals surface area contributed by atoms with Crippen molar-refractivity contribution in [3.63, 3.8) is 0 Å². The van der Waals surface area contributed by atoms with Gasteiger partial charge in [-0.2, -0.15) is 4.79 Å². The molecule has 1 fully saturated rings. The van der Waals surface area contributed by atoms with Crippen molar-refractivity contribution in [3.05, 3.63) is 35.5 Å². The van der Waals surface area contributed by atoms with Crippen molar-refractivity contribution >= 4 is 11.8 Å². The number of carbonyl (C=O) groups excluding carboxylic acids is 1. The topological polar surface area (TPSA) is 68.0 Å². The molecule has 6 nitrogen and oxygen atoms in total. The third-order valence-electron chi connectivity index (χ3n) is 1.91. The smallest absolute Gasteiger partial charge is 0.528 e. The Labute approximate surface area is 85.9 Å². The van der Waals surface area contributed by atoms with Crippen molar-refractivity contribution in [2.75, 3.05) is 13.2 Å². The maximum Gasteiger partial charge on any atom is 0.528 e. The molecule has 0 atom stereocenters. The van der Waals surface area contributed by atoms with E-state index in [1.165, 1.54) is 0 Å². The molecule has 1 aliphatic heterocycles. The highest BCUT2D eigenvalue weighted by atomic mass is 16.6. The van der Waals surface area contributed by atoms with Gasteiger partial charge < -0.3 is 9.94 Å². The first-order valence-corrected chi connectivity index (χ1v) is 4.45. The summed E-state index contributed by atoms with van der Waals surface area (Å²) < 4.78 is 4.63. The minimum Gasteiger partial charge on any atom is -0.691 e. The number of para-hydroxylation sites is 1. The lowest BCUT2D eigenvalue weighted by atomic mass is 10.3. The van der Waals surface area contributed by atoms with Crippen molar-refractivity contribution < 1.29 is 14.4 Å². The largest absolute Gasteiger partial charge is 0.691 e. The summed E-state index contributed by atoms with van der Waals surface area (Å²) in [5.41, 5.74) is 0.372. The molecule has 1 aliphatic rings. The van der Waals surface area contributed by atoms with Gasteiger partial charge >= 0.3 is 6.09 Å². The van der Waals surface area contributed by atoms with Gasteiger partial charge in [0.2, 0.25) is 0 Å². The molecule has 78 valence electrons. The third-order valence-corrected chi connectivity index (χ3v) is 1.91. The fourth-order valence-electron chi connectivity index (χ4n) is 1.17. The number of carbonyl (C=O) groups is 1. The second kappa shape index (κ2) is 3.95. The van der Waals surface area contributed by atoms with Crippen LogP contribution in [0.15, 0.2) is 35.6 Å². The van der Waals surface area contributed by atoms with E-state index in [2.05, 4.69) is 9.96 Å². The highest BCUT2D eigenvalue weighted by molar-refractivity contribution is 5.68. The van der Waals surface area contributed by atoms with E-state index >= 15 is 0 Å². The fraction of sp³-hybridized carbons (Fsp3) is 0.222. The molecule has 0 aromatic heterocycles. The summed E-state index contributed by atoms with van der Waals surface area (Å²) in [6, 6.07) is 8.45. The van der Waals surface area contributed by atoms with Crippen molar-refractivity contribution in [1.29, 1.82) is 0 Å². The molecule has 1 heterocycles. The van der Waals surface area contributed by atoms with Gasteiger partial charge in [-0.25, -0.2) is 0 Å². The summed E-state index contributed by atoms with van der Waals surface area (Å²) in [5.74, 6) is 0. The lowest BCUT2D eigenvalue weighted by Gasteiger charge is -2.06. The lowest BCUT2D eigenvalue weighted by molar-refractivity contribution is -0.457. The number of benzene rings is 1. The van der Waals surface area contributed by atoms with E-state index < -0.39 is 6.09 Å². The number of hydrogen-bond donors (Lipinski definition) is 0. The molecule has 0 N–H and O–H groups in total. The molecule has 15 heavy (non-hydrogen) atoms. The van der Waals surface area contributed by atoms with Crippen LogP contribution >= 0.6 is 0 Å². The number of rotatable bonds is 2. The number of cyclic esters (lactones) is 1. The molecule has 0 radical (unpaired) electrons. The van der Waals surface area contributed by atoms with E-state index in [0.717, 1.165) is 5.01 Å². The van der Waals surface area contributed by atoms with Gasteiger partial charge in [0.15, 0.2) is 12.2 Å². The van der Waals surface area contributed by atoms with E-state index in [-0.39, 0.29) is 6.61 Å². The van der Waals surface area contributed by atoms with E-state index in [0.29, 0.717) is 17.1 Å². The van der Waals surface area contributed by atoms with E-state index in [4.69, 9.17) is 0 Å². The van der Waals surface area contributed by atoms with Crippen LogP contribution in [0.5, 0.6) is 0 Å². The molecule has 0 bridgehead atoms. The zero-order valence-corrected chi connectivity index (χ0v) is 7.87. The standard InChI is InChI=1S/C9H9N3O3/c13-9-11(6-7-15-9)10-12(14)8-4-2-1-3-5-8/h1-5H,6-7H2/b12-10+. The van der Waals surface area contributed by atoms with Crippen LogP contribution in [-0.4, -0.2) is 29.1 Å². The Kier molecular flexibility index (Phi) is 2.49. The summed E-state index contributed by atoms with van der Waals surface area (Å²) in [5, 5.41) is 16.0. The molecular weight excluding hydrogens is 198 g/mol. The number of ether oxygens (including phenoxy) is 1. The first-order valence-electron chi connectivity index (χ1n) is 4.45. The van der Waals surface area contributed by atoms with Crippen molar-refractivity contribution in [2.24, 2.45) is 5.22 Å². The minimum atomic E-state index is -0.591. The van der Waals surface area contributed by atoms with Crippen LogP contribution < -0.4 is 0 Å². The maximum atomic E-state index is 11.4. The Morgan fingerprint density at radius 1 is 1.40 bits per heavy atom. The zero-order chi connectivity index (χ0) is 10.7. The molecule has 1 saturated heterocycles. The Hall–Kier alpha value is -2.11. The molecular formula is C9H9N3O3. The van der Waals surface area contributed by atoms with E-state index in [1.807, 2.05) is 0 Å². The monoisotopic (exact) mass is 207 g/mol. The van der Waals surface area contributed by atoms with Crippen LogP contribution in [-0.2, 0) is 4.74 Å². The molecule has 1 amide bonds. The number of hydrogen-bond acceptors (Lipinski definition) is 4. The van der Waals surface area contributed by atoms with Crippen LogP contribution in [0.2, 0.25) is 0 Å². The summed E-state index contributed by atoms with van der Waals surface area (Å²) >= 11 is 0. The minimum absolute atomic E-state index is 0.269. The summed E-state index contributed by atoms with van der Waals surface area (Å²) in [6.07, 6.45) is -0.591. The maximum absolute atomic E-state index is 11.4. The molecule has 1 aromatic carbocycles. The van der Waals surface area contributed by atoms with Gasteiger partial charge in [0, 0.05) is 0 Å². The van der Waals surface area contributed by atoms with Crippen LogP contribution in [0.4, 0.5) is 10.5 Å². The quantitative estimate of drug-likeness (QED) is 0.420. The van der Waals surface area contributed by atoms with Gasteiger partial charge in [0.25, 0.3) is 0 Å². The molecule has 6 heteroatoms. The Balaban J connectivity index is 2.17. The predicted molar refractivity (Wildman–Crippen MR) is 50.2 cm³/mol. The van der Waals surface area contributed by atoms with E-state index in [1.54, 1.807) is 30.3 Å². The second-order valence-electron chi connectivity index (χ2n) is 2.94. The summed E-state index contributed by atoms with van der Waals surface area (Å²) in [7, 11) is 0.